The molecule has 2 aliphatic heterocycles. The Morgan fingerprint density at radius 1 is 0.634 bits per heavy atom. The molecule has 10 rings (SSSR count). The second kappa shape index (κ2) is 26.0. The van der Waals surface area contributed by atoms with Crippen LogP contribution in [0.1, 0.15) is 22.5 Å². The van der Waals surface area contributed by atoms with Gasteiger partial charge in [-0.1, -0.05) is 37.4 Å². The van der Waals surface area contributed by atoms with E-state index >= 15 is 17.6 Å². The molecule has 0 unspecified atom stereocenters. The second-order valence-electron chi connectivity index (χ2n) is 19.0. The summed E-state index contributed by atoms with van der Waals surface area (Å²) in [5, 5.41) is 28.2. The maximum Gasteiger partial charge on any atom is 0.315 e. The van der Waals surface area contributed by atoms with Crippen LogP contribution in [0.4, 0.5) is 63.6 Å². The predicted octanol–water partition coefficient (Wildman–Crippen LogP) is 8.48. The Bertz CT molecular complexity index is 3560. The zero-order chi connectivity index (χ0) is 58.7. The average Bonchev–Trinajstić information content (AvgIpc) is 4.34. The van der Waals surface area contributed by atoms with Crippen molar-refractivity contribution in [1.29, 1.82) is 0 Å². The van der Waals surface area contributed by atoms with Gasteiger partial charge in [-0.05, 0) is 86.9 Å². The lowest BCUT2D eigenvalue weighted by atomic mass is 10.0. The van der Waals surface area contributed by atoms with E-state index in [-0.39, 0.29) is 56.5 Å². The first-order chi connectivity index (χ1) is 39.5. The minimum atomic E-state index is -3.58. The van der Waals surface area contributed by atoms with Gasteiger partial charge in [0.25, 0.3) is 0 Å². The average molecular weight is 1130 g/mol. The number of carbonyl (C=O) groups excluding carboxylic acids is 2. The molecule has 2 aliphatic rings. The smallest absolute Gasteiger partial charge is 0.315 e. The molecule has 6 heterocycles. The molecule has 2 fully saturated rings. The number of rotatable bonds is 17. The summed E-state index contributed by atoms with van der Waals surface area (Å²) in [5.74, 6) is -7.15. The minimum Gasteiger partial charge on any atom is -0.494 e. The number of ether oxygens (including phenoxy) is 2. The van der Waals surface area contributed by atoms with E-state index in [1.54, 1.807) is 13.2 Å². The zero-order valence-electron chi connectivity index (χ0n) is 45.9. The highest BCUT2D eigenvalue weighted by Crippen LogP contribution is 2.42. The highest BCUT2D eigenvalue weighted by Gasteiger charge is 2.40. The molecule has 0 radical (unpaired) electrons. The van der Waals surface area contributed by atoms with Crippen LogP contribution in [0.3, 0.4) is 0 Å². The molecule has 7 N–H and O–H groups in total. The molecule has 82 heavy (non-hydrogen) atoms. The number of hydrogen-bond donors (Lipinski definition) is 7. The van der Waals surface area contributed by atoms with Gasteiger partial charge < -0.3 is 70.1 Å². The van der Waals surface area contributed by atoms with Gasteiger partial charge in [-0.3, -0.25) is 9.59 Å². The normalized spacial score (nSPS) is 14.0. The molecular weight excluding hydrogens is 1060 g/mol. The first-order valence-electron chi connectivity index (χ1n) is 25.9. The van der Waals surface area contributed by atoms with Gasteiger partial charge in [0.2, 0.25) is 23.7 Å². The summed E-state index contributed by atoms with van der Waals surface area (Å²) in [5.41, 5.74) is 2.10. The number of aliphatic hydroxyl groups excluding tert-OH is 2. The number of aromatic amines is 1. The fraction of sp³-hybridized carbons (Fsp3) is 0.276. The standard InChI is InChI=1S/C29H31F2N7O3.C28H29F2N7O2.CH4O/c1-4-25(40)32-20-7-5-6-19(16-20)29(30,31)26-22-10-11-38(18-39)27(22)35-28(34-26)33-23-9-8-21(17-24(23)41-3)37-14-12-36(2)13-15-37;1-4-24(38)32-19-7-5-6-18(16-19)28(29,30)25-21-10-11-31-26(21)35-27(34-25)33-22-9-8-20(17-23(22)39-3)37-14-12-36(2)13-15-37;1-2/h4-11,16-17,39H,1,12-15,18H2,2-3H3,(H,32,40)(H,33,34,35);4-11,16-17H,1,12-15H2,2-3H3,(H,32,38)(H2,31,33,34,35);2H,1H3. The van der Waals surface area contributed by atoms with E-state index in [0.717, 1.165) is 83.0 Å². The number of H-pyrrole nitrogens is 1. The molecule has 4 aromatic heterocycles. The summed E-state index contributed by atoms with van der Waals surface area (Å²) in [7, 11) is 8.28. The van der Waals surface area contributed by atoms with Crippen molar-refractivity contribution in [2.24, 2.45) is 0 Å². The second-order valence-corrected chi connectivity index (χ2v) is 19.0. The number of carbonyl (C=O) groups is 2. The molecule has 4 aromatic carbocycles. The summed E-state index contributed by atoms with van der Waals surface area (Å²) in [6.45, 7) is 13.7. The lowest BCUT2D eigenvalue weighted by molar-refractivity contribution is -0.112. The van der Waals surface area contributed by atoms with Crippen LogP contribution < -0.4 is 40.5 Å². The van der Waals surface area contributed by atoms with Gasteiger partial charge in [0.15, 0.2) is 0 Å². The van der Waals surface area contributed by atoms with Crippen LogP contribution in [0.25, 0.3) is 22.1 Å². The maximum absolute atomic E-state index is 16.1. The first kappa shape index (κ1) is 59.0. The Morgan fingerprint density at radius 3 is 1.55 bits per heavy atom. The van der Waals surface area contributed by atoms with Crippen LogP contribution in [0.15, 0.2) is 135 Å². The number of halogens is 4. The molecule has 20 nitrogen and oxygen atoms in total. The van der Waals surface area contributed by atoms with Crippen LogP contribution in [0.5, 0.6) is 11.5 Å². The van der Waals surface area contributed by atoms with Gasteiger partial charge in [-0.25, -0.2) is 9.97 Å². The van der Waals surface area contributed by atoms with Crippen molar-refractivity contribution in [3.8, 4) is 11.5 Å². The van der Waals surface area contributed by atoms with Crippen LogP contribution in [0.2, 0.25) is 0 Å². The Kier molecular flexibility index (Phi) is 18.7. The van der Waals surface area contributed by atoms with E-state index in [1.165, 1.54) is 84.7 Å². The van der Waals surface area contributed by atoms with Crippen molar-refractivity contribution in [3.05, 3.63) is 157 Å². The number of aromatic nitrogens is 6. The Hall–Kier alpha value is -9.10. The summed E-state index contributed by atoms with van der Waals surface area (Å²) in [6.07, 6.45) is 5.13. The van der Waals surface area contributed by atoms with Crippen molar-refractivity contribution in [1.82, 2.24) is 39.3 Å². The van der Waals surface area contributed by atoms with Crippen LogP contribution in [-0.2, 0) is 28.2 Å². The van der Waals surface area contributed by atoms with Crippen molar-refractivity contribution in [2.45, 2.75) is 18.6 Å². The van der Waals surface area contributed by atoms with E-state index in [4.69, 9.17) is 14.6 Å². The number of anilines is 8. The van der Waals surface area contributed by atoms with Gasteiger partial charge in [0, 0.05) is 129 Å². The van der Waals surface area contributed by atoms with Crippen molar-refractivity contribution in [3.63, 3.8) is 0 Å². The fourth-order valence-corrected chi connectivity index (χ4v) is 9.29. The third-order valence-corrected chi connectivity index (χ3v) is 13.7. The van der Waals surface area contributed by atoms with Gasteiger partial charge >= 0.3 is 11.8 Å². The summed E-state index contributed by atoms with van der Waals surface area (Å²) in [6, 6.07) is 25.1. The molecule has 0 saturated carbocycles. The third-order valence-electron chi connectivity index (χ3n) is 13.7. The number of nitrogens with one attached hydrogen (secondary N) is 5. The quantitative estimate of drug-likeness (QED) is 0.0335. The van der Waals surface area contributed by atoms with Crippen molar-refractivity contribution in [2.75, 3.05) is 119 Å². The molecule has 0 atom stereocenters. The molecule has 0 spiro atoms. The first-order valence-corrected chi connectivity index (χ1v) is 25.9. The molecule has 0 bridgehead atoms. The molecule has 8 aromatic rings. The number of alkyl halides is 4. The van der Waals surface area contributed by atoms with Gasteiger partial charge in [-0.2, -0.15) is 27.5 Å². The highest BCUT2D eigenvalue weighted by atomic mass is 19.3. The van der Waals surface area contributed by atoms with Crippen LogP contribution in [0, 0.1) is 0 Å². The lowest BCUT2D eigenvalue weighted by Crippen LogP contribution is -2.44. The lowest BCUT2D eigenvalue weighted by Gasteiger charge is -2.34. The van der Waals surface area contributed by atoms with E-state index < -0.39 is 41.8 Å². The topological polar surface area (TPSA) is 226 Å². The number of fused-ring (bicyclic) bond motifs is 2. The number of piperazine rings is 2. The number of hydrogen-bond acceptors (Lipinski definition) is 16. The number of nitrogens with zero attached hydrogens (tertiary/aromatic N) is 9. The SMILES string of the molecule is C=CC(=O)Nc1cccc(C(F)(F)c2nc(Nc3ccc(N4CCN(C)CC4)cc3OC)nc3[nH]ccc23)c1.C=CC(=O)Nc1cccc(C(F)(F)c2nc(Nc3ccc(N4CCN(C)CC4)cc3OC)nc3c2ccn3CO)c1.CO. The predicted molar refractivity (Wildman–Crippen MR) is 310 cm³/mol. The van der Waals surface area contributed by atoms with E-state index in [2.05, 4.69) is 93.0 Å². The van der Waals surface area contributed by atoms with Gasteiger partial charge in [0.1, 0.15) is 40.9 Å². The molecule has 24 heteroatoms. The molecule has 2 saturated heterocycles. The van der Waals surface area contributed by atoms with E-state index in [9.17, 15) is 14.7 Å². The Balaban J connectivity index is 0.000000209. The third kappa shape index (κ3) is 13.2. The summed E-state index contributed by atoms with van der Waals surface area (Å²) < 4.78 is 76.7. The van der Waals surface area contributed by atoms with E-state index in [0.29, 0.717) is 22.9 Å². The Labute approximate surface area is 470 Å². The number of amides is 2. The highest BCUT2D eigenvalue weighted by molar-refractivity contribution is 5.99. The van der Waals surface area contributed by atoms with Gasteiger partial charge in [0.05, 0.1) is 25.6 Å². The largest absolute Gasteiger partial charge is 0.494 e. The van der Waals surface area contributed by atoms with Crippen molar-refractivity contribution >= 4 is 79.9 Å². The summed E-state index contributed by atoms with van der Waals surface area (Å²) in [4.78, 5) is 52.7. The number of likely N-dealkylation sites (N-methyl/N-ethyl adjacent to an activating group) is 2. The molecule has 0 aliphatic carbocycles. The van der Waals surface area contributed by atoms with E-state index in [1.807, 2.05) is 30.3 Å². The van der Waals surface area contributed by atoms with Crippen molar-refractivity contribution < 1.29 is 46.8 Å². The number of benzene rings is 4. The monoisotopic (exact) mass is 1130 g/mol. The number of methoxy groups -OCH3 is 2. The zero-order valence-corrected chi connectivity index (χ0v) is 45.9. The maximum atomic E-state index is 16.1. The fourth-order valence-electron chi connectivity index (χ4n) is 9.29. The minimum absolute atomic E-state index is 0.0126. The number of aliphatic hydroxyl groups is 2. The Morgan fingerprint density at radius 2 is 1.10 bits per heavy atom. The van der Waals surface area contributed by atoms with Crippen LogP contribution >= 0.6 is 0 Å². The molecule has 2 amide bonds. The van der Waals surface area contributed by atoms with Gasteiger partial charge in [-0.15, -0.1) is 0 Å². The molecular formula is C58H64F4N14O6. The van der Waals surface area contributed by atoms with Crippen LogP contribution in [-0.4, -0.2) is 149 Å². The summed E-state index contributed by atoms with van der Waals surface area (Å²) >= 11 is 0. The molecule has 430 valence electrons.